The Bertz CT molecular complexity index is 512. The summed E-state index contributed by atoms with van der Waals surface area (Å²) in [7, 11) is 4.51. The Balaban J connectivity index is 2.98. The summed E-state index contributed by atoms with van der Waals surface area (Å²) < 4.78 is 10.9. The molecule has 0 aliphatic carbocycles. The molecule has 1 aromatic rings. The lowest BCUT2D eigenvalue weighted by atomic mass is 9.82. The summed E-state index contributed by atoms with van der Waals surface area (Å²) in [6.07, 6.45) is 1.46. The Morgan fingerprint density at radius 3 is 2.48 bits per heavy atom. The van der Waals surface area contributed by atoms with Crippen LogP contribution in [0.4, 0.5) is 0 Å². The predicted molar refractivity (Wildman–Crippen MR) is 81.0 cm³/mol. The van der Waals surface area contributed by atoms with Gasteiger partial charge in [-0.2, -0.15) is 0 Å². The third-order valence-corrected chi connectivity index (χ3v) is 3.53. The maximum Gasteiger partial charge on any atom is 0.334 e. The van der Waals surface area contributed by atoms with E-state index in [1.165, 1.54) is 27.8 Å². The molecule has 0 saturated carbocycles. The largest absolute Gasteiger partial charge is 0.496 e. The first kappa shape index (κ1) is 17.5. The van der Waals surface area contributed by atoms with E-state index in [2.05, 4.69) is 10.3 Å². The number of rotatable bonds is 6. The zero-order valence-electron chi connectivity index (χ0n) is 13.4. The Hall–Kier alpha value is -1.60. The van der Waals surface area contributed by atoms with Gasteiger partial charge in [0.15, 0.2) is 0 Å². The van der Waals surface area contributed by atoms with Crippen LogP contribution in [0.5, 0.6) is 5.75 Å². The number of carbonyl (C=O) groups excluding carboxylic acids is 1. The molecule has 0 saturated heterocycles. The van der Waals surface area contributed by atoms with Gasteiger partial charge in [-0.1, -0.05) is 0 Å². The summed E-state index contributed by atoms with van der Waals surface area (Å²) in [6, 6.07) is 1.57. The highest BCUT2D eigenvalue weighted by Crippen LogP contribution is 2.24. The molecule has 0 atom stereocenters. The van der Waals surface area contributed by atoms with Crippen LogP contribution >= 0.6 is 0 Å². The van der Waals surface area contributed by atoms with Crippen molar-refractivity contribution < 1.29 is 19.3 Å². The van der Waals surface area contributed by atoms with Crippen LogP contribution in [0.15, 0.2) is 12.3 Å². The van der Waals surface area contributed by atoms with Gasteiger partial charge in [0.05, 0.1) is 24.5 Å². The third kappa shape index (κ3) is 4.18. The van der Waals surface area contributed by atoms with Crippen LogP contribution < -0.4 is 15.5 Å². The molecule has 7 heteroatoms. The fourth-order valence-corrected chi connectivity index (χ4v) is 1.33. The first-order valence-corrected chi connectivity index (χ1v) is 6.62. The fraction of sp³-hybridized carbons (Fsp3) is 0.571. The van der Waals surface area contributed by atoms with E-state index in [-0.39, 0.29) is 11.6 Å². The molecule has 0 aliphatic heterocycles. The number of amides is 1. The van der Waals surface area contributed by atoms with Crippen LogP contribution in [-0.4, -0.2) is 48.8 Å². The maximum atomic E-state index is 11.6. The second kappa shape index (κ2) is 6.45. The molecule has 21 heavy (non-hydrogen) atoms. The minimum Gasteiger partial charge on any atom is -0.496 e. The molecule has 0 fully saturated rings. The van der Waals surface area contributed by atoms with Gasteiger partial charge in [-0.25, -0.2) is 4.98 Å². The van der Waals surface area contributed by atoms with Crippen molar-refractivity contribution in [2.75, 3.05) is 14.2 Å². The molecule has 1 rings (SSSR count). The van der Waals surface area contributed by atoms with Crippen molar-refractivity contribution in [1.82, 2.24) is 10.3 Å². The minimum absolute atomic E-state index is 0.259. The number of nitrogens with one attached hydrogen (secondary N) is 1. The zero-order valence-corrected chi connectivity index (χ0v) is 13.4. The van der Waals surface area contributed by atoms with Crippen molar-refractivity contribution in [3.05, 3.63) is 18.0 Å². The molecule has 6 nitrogen and oxygen atoms in total. The number of nitrogens with zero attached hydrogens (tertiary/aromatic N) is 1. The predicted octanol–water partition coefficient (Wildman–Crippen LogP) is 0.260. The molecule has 1 aromatic heterocycles. The average molecular weight is 293 g/mol. The molecular weight excluding hydrogens is 271 g/mol. The second-order valence-electron chi connectivity index (χ2n) is 5.70. The number of pyridine rings is 1. The van der Waals surface area contributed by atoms with Gasteiger partial charge >= 0.3 is 7.48 Å². The molecule has 2 N–H and O–H groups in total. The summed E-state index contributed by atoms with van der Waals surface area (Å²) in [5, 5.41) is 12.6. The maximum absolute atomic E-state index is 11.6. The third-order valence-electron chi connectivity index (χ3n) is 3.53. The SMILES string of the molecule is CNC(=O)c1cc([B]OC(C)(C)C(C)(C)O)c(OC)cn1. The highest BCUT2D eigenvalue weighted by Gasteiger charge is 2.36. The lowest BCUT2D eigenvalue weighted by Crippen LogP contribution is -2.49. The van der Waals surface area contributed by atoms with Crippen LogP contribution in [0.25, 0.3) is 0 Å². The van der Waals surface area contributed by atoms with E-state index in [0.29, 0.717) is 11.2 Å². The number of carbonyl (C=O) groups is 1. The van der Waals surface area contributed by atoms with E-state index in [0.717, 1.165) is 0 Å². The van der Waals surface area contributed by atoms with E-state index in [9.17, 15) is 9.90 Å². The molecule has 0 bridgehead atoms. The van der Waals surface area contributed by atoms with E-state index in [1.807, 2.05) is 0 Å². The van der Waals surface area contributed by atoms with Gasteiger partial charge in [-0.15, -0.1) is 0 Å². The van der Waals surface area contributed by atoms with Crippen molar-refractivity contribution >= 4 is 18.9 Å². The monoisotopic (exact) mass is 293 g/mol. The lowest BCUT2D eigenvalue weighted by molar-refractivity contribution is -0.0893. The lowest BCUT2D eigenvalue weighted by Gasteiger charge is -2.37. The topological polar surface area (TPSA) is 80.7 Å². The van der Waals surface area contributed by atoms with Gasteiger partial charge in [0, 0.05) is 7.05 Å². The van der Waals surface area contributed by atoms with Crippen LogP contribution in [-0.2, 0) is 4.65 Å². The zero-order chi connectivity index (χ0) is 16.3. The summed E-state index contributed by atoms with van der Waals surface area (Å²) in [4.78, 5) is 15.6. The number of aliphatic hydroxyl groups is 1. The molecule has 0 spiro atoms. The normalized spacial score (nSPS) is 12.0. The van der Waals surface area contributed by atoms with E-state index in [4.69, 9.17) is 9.39 Å². The van der Waals surface area contributed by atoms with E-state index >= 15 is 0 Å². The number of methoxy groups -OCH3 is 1. The molecule has 0 aromatic carbocycles. The van der Waals surface area contributed by atoms with Crippen molar-refractivity contribution in [1.29, 1.82) is 0 Å². The van der Waals surface area contributed by atoms with Gasteiger partial charge < -0.3 is 19.8 Å². The number of aromatic nitrogens is 1. The minimum atomic E-state index is -1.03. The molecule has 1 radical (unpaired) electrons. The summed E-state index contributed by atoms with van der Waals surface area (Å²) in [6.45, 7) is 6.88. The van der Waals surface area contributed by atoms with Crippen LogP contribution in [0.3, 0.4) is 0 Å². The van der Waals surface area contributed by atoms with E-state index < -0.39 is 11.2 Å². The fourth-order valence-electron chi connectivity index (χ4n) is 1.33. The van der Waals surface area contributed by atoms with Gasteiger partial charge in [0.25, 0.3) is 5.91 Å². The summed E-state index contributed by atoms with van der Waals surface area (Å²) in [5.41, 5.74) is -1.01. The van der Waals surface area contributed by atoms with Crippen LogP contribution in [0, 0.1) is 0 Å². The summed E-state index contributed by atoms with van der Waals surface area (Å²) >= 11 is 0. The smallest absolute Gasteiger partial charge is 0.334 e. The molecule has 0 aliphatic rings. The Labute approximate surface area is 126 Å². The Morgan fingerprint density at radius 2 is 2.00 bits per heavy atom. The quantitative estimate of drug-likeness (QED) is 0.735. The Kier molecular flexibility index (Phi) is 5.36. The van der Waals surface area contributed by atoms with Gasteiger partial charge in [-0.3, -0.25) is 4.79 Å². The molecular formula is C14H22BN2O4. The first-order valence-electron chi connectivity index (χ1n) is 6.62. The molecule has 1 amide bonds. The van der Waals surface area contributed by atoms with Gasteiger partial charge in [0.2, 0.25) is 0 Å². The second-order valence-corrected chi connectivity index (χ2v) is 5.70. The Morgan fingerprint density at radius 1 is 1.38 bits per heavy atom. The van der Waals surface area contributed by atoms with Crippen LogP contribution in [0.2, 0.25) is 0 Å². The van der Waals surface area contributed by atoms with Gasteiger partial charge in [0.1, 0.15) is 11.4 Å². The van der Waals surface area contributed by atoms with Crippen molar-refractivity contribution in [2.45, 2.75) is 38.9 Å². The highest BCUT2D eigenvalue weighted by atomic mass is 16.5. The van der Waals surface area contributed by atoms with E-state index in [1.54, 1.807) is 33.8 Å². The number of ether oxygens (including phenoxy) is 1. The van der Waals surface area contributed by atoms with Gasteiger partial charge in [-0.05, 0) is 39.2 Å². The van der Waals surface area contributed by atoms with Crippen molar-refractivity contribution in [3.63, 3.8) is 0 Å². The number of hydrogen-bond acceptors (Lipinski definition) is 5. The standard InChI is InChI=1S/C14H22BN2O4/c1-13(2,19)14(3,4)21-15-9-7-10(12(18)16-5)17-8-11(9)20-6/h7-8,19H,1-6H3,(H,16,18). The highest BCUT2D eigenvalue weighted by molar-refractivity contribution is 6.48. The number of hydrogen-bond donors (Lipinski definition) is 2. The first-order chi connectivity index (χ1) is 9.62. The average Bonchev–Trinajstić information content (AvgIpc) is 2.42. The van der Waals surface area contributed by atoms with Crippen molar-refractivity contribution in [2.24, 2.45) is 0 Å². The summed E-state index contributed by atoms with van der Waals surface area (Å²) in [5.74, 6) is 0.184. The molecule has 1 heterocycles. The van der Waals surface area contributed by atoms with Crippen molar-refractivity contribution in [3.8, 4) is 5.75 Å². The van der Waals surface area contributed by atoms with Crippen LogP contribution in [0.1, 0.15) is 38.2 Å². The molecule has 115 valence electrons. The molecule has 0 unspecified atom stereocenters.